The van der Waals surface area contributed by atoms with Gasteiger partial charge in [-0.05, 0) is 32.0 Å². The number of likely N-dealkylation sites (N-methyl/N-ethyl adjacent to an activating group) is 1. The van der Waals surface area contributed by atoms with Crippen molar-refractivity contribution < 1.29 is 18.8 Å². The molecule has 0 radical (unpaired) electrons. The molecule has 0 saturated heterocycles. The Morgan fingerprint density at radius 2 is 2.11 bits per heavy atom. The van der Waals surface area contributed by atoms with Gasteiger partial charge in [-0.3, -0.25) is 9.59 Å². The van der Waals surface area contributed by atoms with E-state index in [4.69, 9.17) is 20.9 Å². The molecule has 0 aliphatic heterocycles. The molecule has 0 atom stereocenters. The monoisotopic (exact) mass is 411 g/mol. The molecule has 1 N–H and O–H groups in total. The molecule has 0 fully saturated rings. The van der Waals surface area contributed by atoms with Crippen LogP contribution >= 0.6 is 23.4 Å². The summed E-state index contributed by atoms with van der Waals surface area (Å²) in [5.41, 5.74) is 2.29. The number of amides is 2. The third-order valence-electron chi connectivity index (χ3n) is 3.90. The summed E-state index contributed by atoms with van der Waals surface area (Å²) in [4.78, 5) is 25.9. The van der Waals surface area contributed by atoms with Crippen LogP contribution in [0.15, 0.2) is 22.7 Å². The number of methoxy groups -OCH3 is 1. The van der Waals surface area contributed by atoms with Gasteiger partial charge in [0, 0.05) is 23.4 Å². The number of carbonyl (C=O) groups excluding carboxylic acids is 2. The third kappa shape index (κ3) is 5.90. The van der Waals surface area contributed by atoms with Gasteiger partial charge in [-0.2, -0.15) is 0 Å². The summed E-state index contributed by atoms with van der Waals surface area (Å²) in [6.07, 6.45) is 0. The predicted octanol–water partition coefficient (Wildman–Crippen LogP) is 3.28. The van der Waals surface area contributed by atoms with Crippen molar-refractivity contribution in [3.63, 3.8) is 0 Å². The fraction of sp³-hybridized carbons (Fsp3) is 0.389. The van der Waals surface area contributed by atoms with Crippen LogP contribution < -0.4 is 10.1 Å². The summed E-state index contributed by atoms with van der Waals surface area (Å²) >= 11 is 7.40. The van der Waals surface area contributed by atoms with E-state index in [9.17, 15) is 9.59 Å². The van der Waals surface area contributed by atoms with Crippen LogP contribution in [0.2, 0.25) is 5.02 Å². The van der Waals surface area contributed by atoms with E-state index in [0.29, 0.717) is 22.2 Å². The first-order valence-electron chi connectivity index (χ1n) is 8.18. The number of rotatable bonds is 8. The molecular weight excluding hydrogens is 390 g/mol. The summed E-state index contributed by atoms with van der Waals surface area (Å²) in [6, 6.07) is 4.93. The minimum absolute atomic E-state index is 0.0691. The molecule has 0 aliphatic carbocycles. The molecule has 0 bridgehead atoms. The number of carbonyl (C=O) groups is 2. The molecule has 0 unspecified atom stereocenters. The first-order chi connectivity index (χ1) is 12.8. The quantitative estimate of drug-likeness (QED) is 0.717. The van der Waals surface area contributed by atoms with Crippen molar-refractivity contribution >= 4 is 40.9 Å². The second kappa shape index (κ2) is 9.66. The van der Waals surface area contributed by atoms with Crippen LogP contribution in [0.25, 0.3) is 0 Å². The molecule has 2 rings (SSSR count). The lowest BCUT2D eigenvalue weighted by molar-refractivity contribution is -0.131. The molecule has 146 valence electrons. The van der Waals surface area contributed by atoms with Crippen molar-refractivity contribution in [2.45, 2.75) is 19.6 Å². The van der Waals surface area contributed by atoms with E-state index >= 15 is 0 Å². The number of aryl methyl sites for hydroxylation is 2. The summed E-state index contributed by atoms with van der Waals surface area (Å²) in [5, 5.41) is 7.08. The minimum atomic E-state index is -0.331. The van der Waals surface area contributed by atoms with E-state index < -0.39 is 0 Å². The molecule has 1 aromatic heterocycles. The Balaban J connectivity index is 1.83. The Morgan fingerprint density at radius 3 is 2.74 bits per heavy atom. The SMILES string of the molecule is COc1ccc(Cl)cc1NC(=O)CN(C)C(=O)CSCc1c(C)noc1C. The highest BCUT2D eigenvalue weighted by Crippen LogP contribution is 2.27. The van der Waals surface area contributed by atoms with Gasteiger partial charge in [-0.1, -0.05) is 16.8 Å². The highest BCUT2D eigenvalue weighted by Gasteiger charge is 2.16. The van der Waals surface area contributed by atoms with E-state index in [0.717, 1.165) is 17.0 Å². The number of hydrogen-bond acceptors (Lipinski definition) is 6. The van der Waals surface area contributed by atoms with Crippen LogP contribution in [0.5, 0.6) is 5.75 Å². The zero-order chi connectivity index (χ0) is 20.0. The van der Waals surface area contributed by atoms with E-state index in [1.165, 1.54) is 23.8 Å². The average Bonchev–Trinajstić information content (AvgIpc) is 2.93. The summed E-state index contributed by atoms with van der Waals surface area (Å²) < 4.78 is 10.3. The van der Waals surface area contributed by atoms with E-state index in [1.54, 1.807) is 25.2 Å². The Kier molecular flexibility index (Phi) is 7.55. The predicted molar refractivity (Wildman–Crippen MR) is 106 cm³/mol. The average molecular weight is 412 g/mol. The molecule has 0 spiro atoms. The number of benzene rings is 1. The van der Waals surface area contributed by atoms with Gasteiger partial charge < -0.3 is 19.5 Å². The number of ether oxygens (including phenoxy) is 1. The van der Waals surface area contributed by atoms with Crippen LogP contribution in [0.4, 0.5) is 5.69 Å². The summed E-state index contributed by atoms with van der Waals surface area (Å²) in [6.45, 7) is 3.65. The van der Waals surface area contributed by atoms with Gasteiger partial charge in [-0.15, -0.1) is 11.8 Å². The van der Waals surface area contributed by atoms with Gasteiger partial charge in [0.2, 0.25) is 11.8 Å². The number of halogens is 1. The zero-order valence-corrected chi connectivity index (χ0v) is 17.2. The van der Waals surface area contributed by atoms with Gasteiger partial charge in [0.15, 0.2) is 0 Å². The molecule has 2 amide bonds. The molecule has 1 aromatic carbocycles. The van der Waals surface area contributed by atoms with Gasteiger partial charge in [-0.25, -0.2) is 0 Å². The van der Waals surface area contributed by atoms with Crippen LogP contribution in [0.3, 0.4) is 0 Å². The van der Waals surface area contributed by atoms with Crippen LogP contribution in [0, 0.1) is 13.8 Å². The first-order valence-corrected chi connectivity index (χ1v) is 9.72. The molecule has 1 heterocycles. The second-order valence-electron chi connectivity index (χ2n) is 5.94. The van der Waals surface area contributed by atoms with Crippen LogP contribution in [0.1, 0.15) is 17.0 Å². The lowest BCUT2D eigenvalue weighted by Gasteiger charge is -2.17. The maximum atomic E-state index is 12.2. The molecule has 7 nitrogen and oxygen atoms in total. The van der Waals surface area contributed by atoms with E-state index in [-0.39, 0.29) is 24.1 Å². The zero-order valence-electron chi connectivity index (χ0n) is 15.7. The highest BCUT2D eigenvalue weighted by molar-refractivity contribution is 7.99. The molecular formula is C18H22ClN3O4S. The number of anilines is 1. The fourth-order valence-electron chi connectivity index (χ4n) is 2.33. The number of aromatic nitrogens is 1. The number of nitrogens with zero attached hydrogens (tertiary/aromatic N) is 2. The van der Waals surface area contributed by atoms with Gasteiger partial charge >= 0.3 is 0 Å². The second-order valence-corrected chi connectivity index (χ2v) is 7.36. The van der Waals surface area contributed by atoms with Gasteiger partial charge in [0.05, 0.1) is 30.8 Å². The maximum absolute atomic E-state index is 12.2. The number of thioether (sulfide) groups is 1. The summed E-state index contributed by atoms with van der Waals surface area (Å²) in [5.74, 6) is 1.68. The fourth-order valence-corrected chi connectivity index (χ4v) is 3.62. The van der Waals surface area contributed by atoms with Crippen molar-refractivity contribution in [2.24, 2.45) is 0 Å². The Bertz CT molecular complexity index is 805. The van der Waals surface area contributed by atoms with Crippen molar-refractivity contribution in [3.05, 3.63) is 40.2 Å². The number of nitrogens with one attached hydrogen (secondary N) is 1. The lowest BCUT2D eigenvalue weighted by Crippen LogP contribution is -2.36. The van der Waals surface area contributed by atoms with Crippen LogP contribution in [-0.2, 0) is 15.3 Å². The molecule has 0 saturated carbocycles. The van der Waals surface area contributed by atoms with Crippen molar-refractivity contribution in [1.29, 1.82) is 0 Å². The highest BCUT2D eigenvalue weighted by atomic mass is 35.5. The summed E-state index contributed by atoms with van der Waals surface area (Å²) in [7, 11) is 3.10. The smallest absolute Gasteiger partial charge is 0.244 e. The standard InChI is InChI=1S/C18H22ClN3O4S/c1-11-14(12(2)26-21-11)9-27-10-18(24)22(3)8-17(23)20-15-7-13(19)5-6-16(15)25-4/h5-7H,8-10H2,1-4H3,(H,20,23). The molecule has 9 heteroatoms. The van der Waals surface area contributed by atoms with E-state index in [2.05, 4.69) is 10.5 Å². The largest absolute Gasteiger partial charge is 0.495 e. The molecule has 2 aromatic rings. The Labute approximate surface area is 167 Å². The number of hydrogen-bond donors (Lipinski definition) is 1. The maximum Gasteiger partial charge on any atom is 0.244 e. The van der Waals surface area contributed by atoms with Crippen LogP contribution in [-0.4, -0.2) is 48.3 Å². The van der Waals surface area contributed by atoms with Gasteiger partial charge in [0.25, 0.3) is 0 Å². The first kappa shape index (κ1) is 21.1. The van der Waals surface area contributed by atoms with Crippen molar-refractivity contribution in [2.75, 3.05) is 31.8 Å². The topological polar surface area (TPSA) is 84.7 Å². The molecule has 0 aliphatic rings. The Morgan fingerprint density at radius 1 is 1.37 bits per heavy atom. The minimum Gasteiger partial charge on any atom is -0.495 e. The van der Waals surface area contributed by atoms with Gasteiger partial charge in [0.1, 0.15) is 11.5 Å². The lowest BCUT2D eigenvalue weighted by atomic mass is 10.2. The molecule has 27 heavy (non-hydrogen) atoms. The van der Waals surface area contributed by atoms with E-state index in [1.807, 2.05) is 13.8 Å². The third-order valence-corrected chi connectivity index (χ3v) is 5.07. The van der Waals surface area contributed by atoms with Crippen molar-refractivity contribution in [3.8, 4) is 5.75 Å². The Hall–Kier alpha value is -2.19. The van der Waals surface area contributed by atoms with Crippen molar-refractivity contribution in [1.82, 2.24) is 10.1 Å². The normalized spacial score (nSPS) is 10.6.